The van der Waals surface area contributed by atoms with Crippen LogP contribution < -0.4 is 25.6 Å². The molecule has 0 aliphatic carbocycles. The summed E-state index contributed by atoms with van der Waals surface area (Å²) in [6.45, 7) is 6.88. The van der Waals surface area contributed by atoms with Gasteiger partial charge in [-0.25, -0.2) is 4.79 Å². The first-order valence-corrected chi connectivity index (χ1v) is 12.8. The highest BCUT2D eigenvalue weighted by Crippen LogP contribution is 2.26. The molecule has 13 heteroatoms. The van der Waals surface area contributed by atoms with Gasteiger partial charge in [0.25, 0.3) is 0 Å². The molecule has 0 bridgehead atoms. The van der Waals surface area contributed by atoms with Gasteiger partial charge in [-0.2, -0.15) is 0 Å². The Kier molecular flexibility index (Phi) is 13.8. The largest absolute Gasteiger partial charge is 0.497 e. The number of carbonyl (C=O) groups is 2. The molecule has 0 spiro atoms. The normalized spacial score (nSPS) is 18.8. The van der Waals surface area contributed by atoms with Crippen LogP contribution in [0.15, 0.2) is 29.4 Å². The van der Waals surface area contributed by atoms with Gasteiger partial charge >= 0.3 is 6.03 Å². The Hall–Kier alpha value is -2.70. The monoisotopic (exact) mass is 525 g/mol. The summed E-state index contributed by atoms with van der Waals surface area (Å²) in [6, 6.07) is 7.09. The van der Waals surface area contributed by atoms with Gasteiger partial charge in [0.2, 0.25) is 10.8 Å². The molecule has 2 rings (SSSR count). The Labute approximate surface area is 215 Å². The molecule has 0 radical (unpaired) electrons. The zero-order chi connectivity index (χ0) is 26.2. The number of methoxy groups -OCH3 is 1. The number of carbonyl (C=O) groups excluding carboxylic acids is 2. The number of ether oxygens (including phenoxy) is 4. The molecule has 1 aliphatic heterocycles. The second-order valence-electron chi connectivity index (χ2n) is 8.15. The standard InChI is InChI=1S/C23H36N6O6S/c1-16-14-25-23(31)28-22(16)36-20(15-35-13-12-34-11-10-33-9-8-26-29-24)21(30)27-17(2)18-4-6-19(32-3)7-5-18/h4-7,16-17,20,22,24H,8-15H2,1-3H3,(H2-,25,27,28,30,31)/p+1/t16?,17-,20-,22?/m1/s1. The lowest BCUT2D eigenvalue weighted by Gasteiger charge is -2.32. The number of amides is 3. The molecular weight excluding hydrogens is 488 g/mol. The zero-order valence-electron chi connectivity index (χ0n) is 21.0. The lowest BCUT2D eigenvalue weighted by molar-refractivity contribution is -0.122. The van der Waals surface area contributed by atoms with Crippen molar-refractivity contribution in [3.63, 3.8) is 0 Å². The Morgan fingerprint density at radius 1 is 1.19 bits per heavy atom. The Morgan fingerprint density at radius 3 is 2.53 bits per heavy atom. The molecule has 12 nitrogen and oxygen atoms in total. The third-order valence-electron chi connectivity index (χ3n) is 5.37. The van der Waals surface area contributed by atoms with Crippen molar-refractivity contribution in [1.29, 1.82) is 5.53 Å². The van der Waals surface area contributed by atoms with Crippen LogP contribution >= 0.6 is 11.8 Å². The van der Waals surface area contributed by atoms with Crippen LogP contribution in [0, 0.1) is 11.4 Å². The highest BCUT2D eigenvalue weighted by Gasteiger charge is 2.31. The molecule has 1 aromatic carbocycles. The van der Waals surface area contributed by atoms with Gasteiger partial charge in [0, 0.05) is 12.5 Å². The minimum absolute atomic E-state index is 0.146. The average Bonchev–Trinajstić information content (AvgIpc) is 2.88. The molecular formula is C23H37N6O6S+. The molecule has 1 aliphatic rings. The minimum atomic E-state index is -0.522. The van der Waals surface area contributed by atoms with E-state index in [0.29, 0.717) is 46.1 Å². The quantitative estimate of drug-likeness (QED) is 0.137. The number of nitrogens with zero attached hydrogens (tertiary/aromatic N) is 2. The molecule has 1 saturated heterocycles. The fourth-order valence-electron chi connectivity index (χ4n) is 3.27. The van der Waals surface area contributed by atoms with E-state index in [4.69, 9.17) is 24.5 Å². The third-order valence-corrected chi connectivity index (χ3v) is 6.93. The summed E-state index contributed by atoms with van der Waals surface area (Å²) in [5.74, 6) is 0.731. The maximum atomic E-state index is 13.2. The van der Waals surface area contributed by atoms with Crippen molar-refractivity contribution >= 4 is 23.7 Å². The van der Waals surface area contributed by atoms with E-state index in [1.165, 1.54) is 11.8 Å². The van der Waals surface area contributed by atoms with Gasteiger partial charge < -0.3 is 34.9 Å². The van der Waals surface area contributed by atoms with E-state index in [2.05, 4.69) is 26.0 Å². The van der Waals surface area contributed by atoms with E-state index >= 15 is 0 Å². The Morgan fingerprint density at radius 2 is 1.86 bits per heavy atom. The second kappa shape index (κ2) is 16.9. The summed E-state index contributed by atoms with van der Waals surface area (Å²) >= 11 is 1.39. The van der Waals surface area contributed by atoms with Crippen LogP contribution in [0.5, 0.6) is 5.75 Å². The van der Waals surface area contributed by atoms with Gasteiger partial charge in [0.1, 0.15) is 28.2 Å². The van der Waals surface area contributed by atoms with E-state index in [-0.39, 0.29) is 35.9 Å². The highest BCUT2D eigenvalue weighted by molar-refractivity contribution is 8.01. The smallest absolute Gasteiger partial charge is 0.315 e. The molecule has 1 heterocycles. The fourth-order valence-corrected chi connectivity index (χ4v) is 4.53. The van der Waals surface area contributed by atoms with Crippen molar-refractivity contribution in [3.8, 4) is 5.75 Å². The second-order valence-corrected chi connectivity index (χ2v) is 9.49. The molecule has 1 fully saturated rings. The molecule has 0 saturated carbocycles. The van der Waals surface area contributed by atoms with Gasteiger partial charge in [-0.3, -0.25) is 4.79 Å². The molecule has 200 valence electrons. The summed E-state index contributed by atoms with van der Waals surface area (Å²) < 4.78 is 21.7. The van der Waals surface area contributed by atoms with Gasteiger partial charge in [0.05, 0.1) is 58.2 Å². The van der Waals surface area contributed by atoms with Crippen LogP contribution in [-0.2, 0) is 19.0 Å². The number of benzene rings is 1. The van der Waals surface area contributed by atoms with Crippen molar-refractivity contribution in [1.82, 2.24) is 20.9 Å². The van der Waals surface area contributed by atoms with Crippen LogP contribution in [0.1, 0.15) is 25.5 Å². The van der Waals surface area contributed by atoms with Crippen LogP contribution in [0.2, 0.25) is 0 Å². The molecule has 0 aromatic heterocycles. The van der Waals surface area contributed by atoms with Crippen molar-refractivity contribution in [2.45, 2.75) is 30.5 Å². The van der Waals surface area contributed by atoms with Gasteiger partial charge in [-0.05, 0) is 24.6 Å². The molecule has 1 aromatic rings. The summed E-state index contributed by atoms with van der Waals surface area (Å²) in [5.41, 5.74) is 7.51. The molecule has 36 heavy (non-hydrogen) atoms. The maximum Gasteiger partial charge on any atom is 0.315 e. The van der Waals surface area contributed by atoms with Crippen molar-refractivity contribution in [3.05, 3.63) is 29.8 Å². The predicted molar refractivity (Wildman–Crippen MR) is 135 cm³/mol. The van der Waals surface area contributed by atoms with E-state index in [1.54, 1.807) is 7.11 Å². The van der Waals surface area contributed by atoms with Crippen molar-refractivity contribution in [2.24, 2.45) is 11.0 Å². The van der Waals surface area contributed by atoms with Crippen LogP contribution in [-0.4, -0.2) is 82.4 Å². The van der Waals surface area contributed by atoms with E-state index < -0.39 is 5.25 Å². The average molecular weight is 526 g/mol. The van der Waals surface area contributed by atoms with Crippen LogP contribution in [0.4, 0.5) is 4.79 Å². The first-order chi connectivity index (χ1) is 17.4. The first-order valence-electron chi connectivity index (χ1n) is 11.8. The molecule has 4 N–H and O–H groups in total. The SMILES string of the molecule is COc1ccc([C@@H](C)NC(=O)[C@@H](COCCOCCOCCN=[N+]=N)SC2NC(=O)NCC2C)cc1. The Bertz CT molecular complexity index is 854. The lowest BCUT2D eigenvalue weighted by atomic mass is 10.1. The Balaban J connectivity index is 1.83. The topological polar surface area (TPSA) is 157 Å². The van der Waals surface area contributed by atoms with Crippen molar-refractivity contribution in [2.75, 3.05) is 59.8 Å². The minimum Gasteiger partial charge on any atom is -0.497 e. The first kappa shape index (κ1) is 29.5. The number of nitrogens with one attached hydrogen (secondary N) is 4. The maximum absolute atomic E-state index is 13.2. The molecule has 3 amide bonds. The van der Waals surface area contributed by atoms with E-state index in [9.17, 15) is 9.59 Å². The summed E-state index contributed by atoms with van der Waals surface area (Å²) in [4.78, 5) is 27.9. The third kappa shape index (κ3) is 10.9. The fraction of sp³-hybridized carbons (Fsp3) is 0.652. The number of rotatable bonds is 17. The number of urea groups is 1. The summed E-state index contributed by atoms with van der Waals surface area (Å²) in [7, 11) is 1.61. The van der Waals surface area contributed by atoms with E-state index in [0.717, 1.165) is 11.3 Å². The van der Waals surface area contributed by atoms with Crippen molar-refractivity contribution < 1.29 is 28.5 Å². The van der Waals surface area contributed by atoms with Crippen LogP contribution in [0.25, 0.3) is 0 Å². The zero-order valence-corrected chi connectivity index (χ0v) is 21.8. The van der Waals surface area contributed by atoms with Gasteiger partial charge in [-0.1, -0.05) is 19.1 Å². The van der Waals surface area contributed by atoms with E-state index in [1.807, 2.05) is 38.1 Å². The predicted octanol–water partition coefficient (Wildman–Crippen LogP) is 1.85. The summed E-state index contributed by atoms with van der Waals surface area (Å²) in [6.07, 6.45) is 0. The number of hydrogen-bond acceptors (Lipinski definition) is 9. The molecule has 2 unspecified atom stereocenters. The van der Waals surface area contributed by atoms with Gasteiger partial charge in [0.15, 0.2) is 0 Å². The van der Waals surface area contributed by atoms with Gasteiger partial charge in [-0.15, -0.1) is 11.8 Å². The lowest BCUT2D eigenvalue weighted by Crippen LogP contribution is -2.54. The molecule has 4 atom stereocenters. The highest BCUT2D eigenvalue weighted by atomic mass is 32.2. The van der Waals surface area contributed by atoms with Crippen LogP contribution in [0.3, 0.4) is 0 Å². The number of thioether (sulfide) groups is 1. The summed E-state index contributed by atoms with van der Waals surface area (Å²) in [5, 5.41) is 11.5. The number of hydrogen-bond donors (Lipinski definition) is 4.